The van der Waals surface area contributed by atoms with Crippen LogP contribution in [0.25, 0.3) is 0 Å². The van der Waals surface area contributed by atoms with E-state index in [-0.39, 0.29) is 19.8 Å². The molecule has 172 valence electrons. The minimum absolute atomic E-state index is 0.389. The van der Waals surface area contributed by atoms with Gasteiger partial charge in [-0.3, -0.25) is 0 Å². The Labute approximate surface area is 169 Å². The molecule has 0 rings (SSSR count). The fourth-order valence-electron chi connectivity index (χ4n) is 2.95. The molecular weight excluding hydrogens is 387 g/mol. The molecule has 0 radical (unpaired) electrons. The summed E-state index contributed by atoms with van der Waals surface area (Å²) in [6.45, 7) is 1.08. The molecular formula is C19H43O8P. The number of unbranched alkanes of at least 4 members (excludes halogenated alkanes) is 11. The lowest BCUT2D eigenvalue weighted by molar-refractivity contribution is -0.0863. The normalized spacial score (nSPS) is 13.1. The van der Waals surface area contributed by atoms with Crippen LogP contribution in [0.3, 0.4) is 0 Å². The van der Waals surface area contributed by atoms with E-state index in [9.17, 15) is 20.4 Å². The summed E-state index contributed by atoms with van der Waals surface area (Å²) >= 11 is 0. The van der Waals surface area contributed by atoms with E-state index in [4.69, 9.17) is 19.2 Å². The first-order valence-corrected chi connectivity index (χ1v) is 12.0. The lowest BCUT2D eigenvalue weighted by Gasteiger charge is -2.32. The molecule has 0 aromatic heterocycles. The third-order valence-electron chi connectivity index (χ3n) is 4.98. The van der Waals surface area contributed by atoms with E-state index in [1.54, 1.807) is 0 Å². The van der Waals surface area contributed by atoms with Crippen LogP contribution in [-0.4, -0.2) is 61.0 Å². The largest absolute Gasteiger partial charge is 0.466 e. The Morgan fingerprint density at radius 2 is 0.964 bits per heavy atom. The molecule has 0 aliphatic carbocycles. The zero-order valence-electron chi connectivity index (χ0n) is 17.4. The summed E-state index contributed by atoms with van der Waals surface area (Å²) in [5.74, 6) is 0. The molecule has 0 aliphatic heterocycles. The van der Waals surface area contributed by atoms with Crippen molar-refractivity contribution in [3.8, 4) is 0 Å². The third-order valence-corrected chi connectivity index (χ3v) is 4.98. The number of aliphatic hydroxyl groups is 4. The second kappa shape index (κ2) is 18.9. The molecule has 1 atom stereocenters. The molecule has 0 amide bonds. The monoisotopic (exact) mass is 430 g/mol. The van der Waals surface area contributed by atoms with E-state index in [2.05, 4.69) is 6.92 Å². The SMILES string of the molecule is CCCCCCCCCCCCCCC(O)C(CO)(CO)CO.O=P(O)(O)O. The highest BCUT2D eigenvalue weighted by Gasteiger charge is 2.35. The van der Waals surface area contributed by atoms with Gasteiger partial charge in [0.15, 0.2) is 0 Å². The summed E-state index contributed by atoms with van der Waals surface area (Å²) in [6, 6.07) is 0. The Bertz CT molecular complexity index is 354. The number of rotatable bonds is 17. The van der Waals surface area contributed by atoms with E-state index in [0.29, 0.717) is 6.42 Å². The summed E-state index contributed by atoms with van der Waals surface area (Å²) in [5.41, 5.74) is -1.15. The molecule has 0 fully saturated rings. The van der Waals surface area contributed by atoms with Gasteiger partial charge in [-0.25, -0.2) is 4.57 Å². The second-order valence-corrected chi connectivity index (χ2v) is 8.57. The Morgan fingerprint density at radius 3 is 1.25 bits per heavy atom. The minimum Gasteiger partial charge on any atom is -0.396 e. The first-order chi connectivity index (χ1) is 13.2. The molecule has 0 aromatic rings. The highest BCUT2D eigenvalue weighted by molar-refractivity contribution is 7.45. The maximum atomic E-state index is 10.0. The lowest BCUT2D eigenvalue weighted by atomic mass is 9.82. The van der Waals surface area contributed by atoms with Crippen LogP contribution < -0.4 is 0 Å². The molecule has 7 N–H and O–H groups in total. The Hall–Kier alpha value is -0.0500. The molecule has 0 bridgehead atoms. The minimum atomic E-state index is -4.64. The summed E-state index contributed by atoms with van der Waals surface area (Å²) in [4.78, 5) is 21.6. The van der Waals surface area contributed by atoms with Crippen molar-refractivity contribution in [2.24, 2.45) is 5.41 Å². The summed E-state index contributed by atoms with van der Waals surface area (Å²) in [7, 11) is -4.64. The van der Waals surface area contributed by atoms with Crippen LogP contribution in [0.4, 0.5) is 0 Å². The van der Waals surface area contributed by atoms with Crippen LogP contribution in [0.2, 0.25) is 0 Å². The van der Waals surface area contributed by atoms with Gasteiger partial charge in [-0.15, -0.1) is 0 Å². The molecule has 28 heavy (non-hydrogen) atoms. The molecule has 9 heteroatoms. The topological polar surface area (TPSA) is 159 Å². The van der Waals surface area contributed by atoms with Crippen LogP contribution in [0.15, 0.2) is 0 Å². The standard InChI is InChI=1S/C19H40O4.H3O4P/c1-2-3-4-5-6-7-8-9-10-11-12-13-14-18(23)19(15-20,16-21)17-22;1-5(2,3)4/h18,20-23H,2-17H2,1H3;(H3,1,2,3,4). The van der Waals surface area contributed by atoms with Gasteiger partial charge in [-0.1, -0.05) is 84.0 Å². The maximum Gasteiger partial charge on any atom is 0.466 e. The van der Waals surface area contributed by atoms with Crippen molar-refractivity contribution in [1.82, 2.24) is 0 Å². The van der Waals surface area contributed by atoms with E-state index >= 15 is 0 Å². The predicted octanol–water partition coefficient (Wildman–Crippen LogP) is 2.47. The molecule has 1 unspecified atom stereocenters. The van der Waals surface area contributed by atoms with Gasteiger partial charge in [0.05, 0.1) is 31.3 Å². The van der Waals surface area contributed by atoms with Gasteiger partial charge in [-0.05, 0) is 6.42 Å². The predicted molar refractivity (Wildman–Crippen MR) is 110 cm³/mol. The van der Waals surface area contributed by atoms with Gasteiger partial charge in [0.2, 0.25) is 0 Å². The average Bonchev–Trinajstić information content (AvgIpc) is 2.63. The lowest BCUT2D eigenvalue weighted by Crippen LogP contribution is -2.45. The number of aliphatic hydroxyl groups excluding tert-OH is 4. The highest BCUT2D eigenvalue weighted by atomic mass is 31.2. The van der Waals surface area contributed by atoms with Gasteiger partial charge in [0, 0.05) is 0 Å². The van der Waals surface area contributed by atoms with E-state index in [1.165, 1.54) is 64.2 Å². The summed E-state index contributed by atoms with van der Waals surface area (Å²) < 4.78 is 8.88. The van der Waals surface area contributed by atoms with E-state index < -0.39 is 19.3 Å². The van der Waals surface area contributed by atoms with Gasteiger partial charge in [-0.2, -0.15) is 0 Å². The highest BCUT2D eigenvalue weighted by Crippen LogP contribution is 2.26. The first-order valence-electron chi connectivity index (χ1n) is 10.5. The van der Waals surface area contributed by atoms with Crippen LogP contribution in [0, 0.1) is 5.41 Å². The van der Waals surface area contributed by atoms with Crippen molar-refractivity contribution in [3.63, 3.8) is 0 Å². The summed E-state index contributed by atoms with van der Waals surface area (Å²) in [5, 5.41) is 37.8. The van der Waals surface area contributed by atoms with Crippen LogP contribution >= 0.6 is 7.82 Å². The number of hydrogen-bond donors (Lipinski definition) is 7. The van der Waals surface area contributed by atoms with E-state index in [0.717, 1.165) is 12.8 Å². The van der Waals surface area contributed by atoms with Gasteiger partial charge >= 0.3 is 7.82 Å². The van der Waals surface area contributed by atoms with Crippen LogP contribution in [0.5, 0.6) is 0 Å². The van der Waals surface area contributed by atoms with Crippen molar-refractivity contribution >= 4 is 7.82 Å². The van der Waals surface area contributed by atoms with Crippen molar-refractivity contribution in [2.45, 2.75) is 96.5 Å². The molecule has 8 nitrogen and oxygen atoms in total. The molecule has 0 aliphatic rings. The first kappa shape index (κ1) is 30.1. The Balaban J connectivity index is 0. The molecule has 0 saturated carbocycles. The average molecular weight is 431 g/mol. The molecule has 0 aromatic carbocycles. The van der Waals surface area contributed by atoms with E-state index in [1.807, 2.05) is 0 Å². The Kier molecular flexibility index (Phi) is 20.4. The fraction of sp³-hybridized carbons (Fsp3) is 1.00. The van der Waals surface area contributed by atoms with Crippen molar-refractivity contribution in [3.05, 3.63) is 0 Å². The summed E-state index contributed by atoms with van der Waals surface area (Å²) in [6.07, 6.45) is 14.8. The third kappa shape index (κ3) is 19.3. The van der Waals surface area contributed by atoms with Crippen molar-refractivity contribution < 1.29 is 39.7 Å². The van der Waals surface area contributed by atoms with Crippen molar-refractivity contribution in [2.75, 3.05) is 19.8 Å². The molecule has 0 spiro atoms. The number of hydrogen-bond acceptors (Lipinski definition) is 5. The maximum absolute atomic E-state index is 10.0. The fourth-order valence-corrected chi connectivity index (χ4v) is 2.95. The molecule has 0 heterocycles. The smallest absolute Gasteiger partial charge is 0.396 e. The van der Waals surface area contributed by atoms with Crippen LogP contribution in [0.1, 0.15) is 90.4 Å². The zero-order chi connectivity index (χ0) is 21.9. The second-order valence-electron chi connectivity index (χ2n) is 7.54. The van der Waals surface area contributed by atoms with Gasteiger partial charge in [0.1, 0.15) is 0 Å². The van der Waals surface area contributed by atoms with Crippen molar-refractivity contribution in [1.29, 1.82) is 0 Å². The Morgan fingerprint density at radius 1 is 0.679 bits per heavy atom. The zero-order valence-corrected chi connectivity index (χ0v) is 18.3. The van der Waals surface area contributed by atoms with Crippen LogP contribution in [-0.2, 0) is 4.57 Å². The van der Waals surface area contributed by atoms with Gasteiger partial charge < -0.3 is 35.1 Å². The number of phosphoric acid groups is 1. The quantitative estimate of drug-likeness (QED) is 0.137. The molecule has 0 saturated heterocycles. The van der Waals surface area contributed by atoms with Gasteiger partial charge in [0.25, 0.3) is 0 Å².